The first-order valence-corrected chi connectivity index (χ1v) is 10.7. The molecule has 158 valence electrons. The third-order valence-electron chi connectivity index (χ3n) is 3.74. The second-order valence-electron chi connectivity index (χ2n) is 5.77. The highest BCUT2D eigenvalue weighted by atomic mass is 32.2. The standard InChI is InChI=1S/C16H13F3N6O3S2/c1-3-30(27,28)10-7-9(12-20-5-4-6-21-12)8-22-11(10)13(26)23-15-25(2)24-14(29-15)16(17,18)19/h4-8H,3H2,1-2H3. The van der Waals surface area contributed by atoms with Gasteiger partial charge in [0, 0.05) is 31.2 Å². The van der Waals surface area contributed by atoms with E-state index in [2.05, 4.69) is 25.0 Å². The highest BCUT2D eigenvalue weighted by molar-refractivity contribution is 7.91. The molecule has 3 aromatic heterocycles. The van der Waals surface area contributed by atoms with Crippen molar-refractivity contribution in [3.8, 4) is 11.4 Å². The van der Waals surface area contributed by atoms with Crippen LogP contribution in [0, 0.1) is 0 Å². The van der Waals surface area contributed by atoms with E-state index < -0.39 is 37.5 Å². The molecule has 0 saturated heterocycles. The molecule has 0 atom stereocenters. The molecule has 3 heterocycles. The number of amides is 1. The first-order chi connectivity index (χ1) is 14.0. The zero-order valence-electron chi connectivity index (χ0n) is 15.5. The smallest absolute Gasteiger partial charge is 0.265 e. The summed E-state index contributed by atoms with van der Waals surface area (Å²) >= 11 is 0.151. The number of rotatable bonds is 4. The Hall–Kier alpha value is -3.00. The largest absolute Gasteiger partial charge is 0.445 e. The van der Waals surface area contributed by atoms with Crippen molar-refractivity contribution in [2.24, 2.45) is 12.0 Å². The molecule has 14 heteroatoms. The van der Waals surface area contributed by atoms with Gasteiger partial charge in [0.1, 0.15) is 5.69 Å². The van der Waals surface area contributed by atoms with Gasteiger partial charge in [-0.3, -0.25) is 4.79 Å². The van der Waals surface area contributed by atoms with Crippen molar-refractivity contribution in [1.82, 2.24) is 24.7 Å². The molecule has 0 spiro atoms. The van der Waals surface area contributed by atoms with E-state index in [1.807, 2.05) is 0 Å². The fourth-order valence-corrected chi connectivity index (χ4v) is 4.08. The van der Waals surface area contributed by atoms with Gasteiger partial charge >= 0.3 is 6.18 Å². The normalized spacial score (nSPS) is 12.9. The molecule has 3 aromatic rings. The fraction of sp³-hybridized carbons (Fsp3) is 0.250. The van der Waals surface area contributed by atoms with Crippen LogP contribution in [0.2, 0.25) is 0 Å². The van der Waals surface area contributed by atoms with Crippen LogP contribution in [0.1, 0.15) is 22.4 Å². The Balaban J connectivity index is 2.14. The van der Waals surface area contributed by atoms with E-state index >= 15 is 0 Å². The summed E-state index contributed by atoms with van der Waals surface area (Å²) in [4.78, 5) is 27.4. The molecule has 9 nitrogen and oxygen atoms in total. The van der Waals surface area contributed by atoms with E-state index in [9.17, 15) is 26.4 Å². The van der Waals surface area contributed by atoms with E-state index in [-0.39, 0.29) is 33.3 Å². The lowest BCUT2D eigenvalue weighted by Crippen LogP contribution is -2.18. The maximum absolute atomic E-state index is 12.8. The third-order valence-corrected chi connectivity index (χ3v) is 6.53. The fourth-order valence-electron chi connectivity index (χ4n) is 2.27. The number of alkyl halides is 3. The minimum atomic E-state index is -4.70. The number of nitrogens with zero attached hydrogens (tertiary/aromatic N) is 6. The quantitative estimate of drug-likeness (QED) is 0.585. The Bertz CT molecular complexity index is 1270. The number of halogens is 3. The zero-order valence-corrected chi connectivity index (χ0v) is 17.1. The van der Waals surface area contributed by atoms with Gasteiger partial charge < -0.3 is 0 Å². The van der Waals surface area contributed by atoms with E-state index in [1.165, 1.54) is 38.6 Å². The first-order valence-electron chi connectivity index (χ1n) is 8.23. The van der Waals surface area contributed by atoms with Crippen LogP contribution in [0.5, 0.6) is 0 Å². The molecule has 1 amide bonds. The molecule has 3 rings (SSSR count). The molecule has 0 N–H and O–H groups in total. The summed E-state index contributed by atoms with van der Waals surface area (Å²) in [7, 11) is -2.74. The molecule has 0 aliphatic carbocycles. The van der Waals surface area contributed by atoms with Gasteiger partial charge in [-0.05, 0) is 12.1 Å². The maximum atomic E-state index is 12.8. The highest BCUT2D eigenvalue weighted by Crippen LogP contribution is 2.29. The van der Waals surface area contributed by atoms with Crippen molar-refractivity contribution in [3.05, 3.63) is 46.2 Å². The van der Waals surface area contributed by atoms with Crippen molar-refractivity contribution in [2.75, 3.05) is 5.75 Å². The third kappa shape index (κ3) is 4.43. The zero-order chi connectivity index (χ0) is 22.1. The first kappa shape index (κ1) is 21.7. The van der Waals surface area contributed by atoms with Crippen molar-refractivity contribution >= 4 is 27.1 Å². The molecule has 0 aliphatic heterocycles. The molecule has 0 aromatic carbocycles. The minimum absolute atomic E-state index is 0.151. The number of hydrogen-bond donors (Lipinski definition) is 0. The second kappa shape index (κ2) is 8.02. The Kier molecular flexibility index (Phi) is 5.81. The number of aromatic nitrogens is 5. The molecule has 0 aliphatic rings. The molecular formula is C16H13F3N6O3S2. The van der Waals surface area contributed by atoms with Crippen molar-refractivity contribution < 1.29 is 26.4 Å². The van der Waals surface area contributed by atoms with Crippen molar-refractivity contribution in [3.63, 3.8) is 0 Å². The van der Waals surface area contributed by atoms with Crippen LogP contribution in [-0.4, -0.2) is 44.8 Å². The van der Waals surface area contributed by atoms with Crippen LogP contribution in [0.15, 0.2) is 40.6 Å². The Labute approximate surface area is 171 Å². The highest BCUT2D eigenvalue weighted by Gasteiger charge is 2.35. The molecular weight excluding hydrogens is 445 g/mol. The van der Waals surface area contributed by atoms with E-state index in [4.69, 9.17) is 0 Å². The lowest BCUT2D eigenvalue weighted by Gasteiger charge is -2.08. The monoisotopic (exact) mass is 458 g/mol. The number of carbonyl (C=O) groups is 1. The summed E-state index contributed by atoms with van der Waals surface area (Å²) in [6.07, 6.45) is -0.606. The number of aryl methyl sites for hydroxylation is 1. The van der Waals surface area contributed by atoms with Gasteiger partial charge in [0.25, 0.3) is 5.91 Å². The van der Waals surface area contributed by atoms with Crippen LogP contribution >= 0.6 is 11.3 Å². The van der Waals surface area contributed by atoms with Gasteiger partial charge in [0.2, 0.25) is 9.81 Å². The molecule has 0 radical (unpaired) electrons. The lowest BCUT2D eigenvalue weighted by atomic mass is 10.2. The summed E-state index contributed by atoms with van der Waals surface area (Å²) in [6, 6.07) is 2.76. The van der Waals surface area contributed by atoms with Crippen LogP contribution in [0.25, 0.3) is 11.4 Å². The van der Waals surface area contributed by atoms with Gasteiger partial charge in [-0.1, -0.05) is 18.3 Å². The van der Waals surface area contributed by atoms with E-state index in [0.29, 0.717) is 0 Å². The second-order valence-corrected chi connectivity index (χ2v) is 8.98. The maximum Gasteiger partial charge on any atom is 0.445 e. The van der Waals surface area contributed by atoms with Gasteiger partial charge in [0.15, 0.2) is 15.7 Å². The van der Waals surface area contributed by atoms with Crippen LogP contribution in [-0.2, 0) is 23.1 Å². The minimum Gasteiger partial charge on any atom is -0.265 e. The number of carbonyl (C=O) groups excluding carboxylic acids is 1. The van der Waals surface area contributed by atoms with Gasteiger partial charge in [-0.25, -0.2) is 28.1 Å². The SMILES string of the molecule is CCS(=O)(=O)c1cc(-c2ncccn2)cnc1C(=O)N=c1sc(C(F)(F)F)nn1C. The molecule has 0 fully saturated rings. The summed E-state index contributed by atoms with van der Waals surface area (Å²) in [5.74, 6) is -1.26. The van der Waals surface area contributed by atoms with Crippen molar-refractivity contribution in [2.45, 2.75) is 18.0 Å². The summed E-state index contributed by atoms with van der Waals surface area (Å²) in [5, 5.41) is 2.09. The molecule has 0 saturated carbocycles. The average Bonchev–Trinajstić information content (AvgIpc) is 3.09. The Morgan fingerprint density at radius 2 is 1.90 bits per heavy atom. The summed E-state index contributed by atoms with van der Waals surface area (Å²) < 4.78 is 64.3. The van der Waals surface area contributed by atoms with Crippen molar-refractivity contribution in [1.29, 1.82) is 0 Å². The molecule has 0 bridgehead atoms. The number of hydrogen-bond acceptors (Lipinski definition) is 8. The molecule has 30 heavy (non-hydrogen) atoms. The van der Waals surface area contributed by atoms with E-state index in [1.54, 1.807) is 6.07 Å². The van der Waals surface area contributed by atoms with Gasteiger partial charge in [-0.15, -0.1) is 0 Å². The predicted octanol–water partition coefficient (Wildman–Crippen LogP) is 1.89. The summed E-state index contributed by atoms with van der Waals surface area (Å²) in [5.41, 5.74) is -0.264. The molecule has 0 unspecified atom stereocenters. The number of pyridine rings is 1. The van der Waals surface area contributed by atoms with Crippen LogP contribution in [0.3, 0.4) is 0 Å². The predicted molar refractivity (Wildman–Crippen MR) is 99.0 cm³/mol. The lowest BCUT2D eigenvalue weighted by molar-refractivity contribution is -0.138. The summed E-state index contributed by atoms with van der Waals surface area (Å²) in [6.45, 7) is 1.38. The van der Waals surface area contributed by atoms with E-state index in [0.717, 1.165) is 4.68 Å². The van der Waals surface area contributed by atoms with Crippen LogP contribution in [0.4, 0.5) is 13.2 Å². The Morgan fingerprint density at radius 3 is 2.47 bits per heavy atom. The van der Waals surface area contributed by atoms with Gasteiger partial charge in [-0.2, -0.15) is 23.3 Å². The van der Waals surface area contributed by atoms with Gasteiger partial charge in [0.05, 0.1) is 10.6 Å². The van der Waals surface area contributed by atoms with Crippen LogP contribution < -0.4 is 4.80 Å². The average molecular weight is 458 g/mol. The number of sulfone groups is 1. The topological polar surface area (TPSA) is 120 Å². The Morgan fingerprint density at radius 1 is 1.23 bits per heavy atom.